The number of rotatable bonds is 7. The van der Waals surface area contributed by atoms with E-state index in [1.807, 2.05) is 0 Å². The average Bonchev–Trinajstić information content (AvgIpc) is 3.44. The Hall–Kier alpha value is -2.53. The number of fused-ring (bicyclic) bond motifs is 1. The molecule has 3 atom stereocenters. The zero-order chi connectivity index (χ0) is 25.4. The Morgan fingerprint density at radius 1 is 0.917 bits per heavy atom. The lowest BCUT2D eigenvalue weighted by Crippen LogP contribution is -2.49. The summed E-state index contributed by atoms with van der Waals surface area (Å²) in [6.45, 7) is 2.96. The van der Waals surface area contributed by atoms with E-state index in [-0.39, 0.29) is 43.1 Å². The largest absolute Gasteiger partial charge is 0.494 e. The number of aromatic nitrogens is 1. The number of benzene rings is 1. The number of aromatic hydroxyl groups is 2. The molecule has 1 aliphatic heterocycles. The van der Waals surface area contributed by atoms with Crippen molar-refractivity contribution in [1.29, 1.82) is 0 Å². The molecule has 1 saturated carbocycles. The molecule has 5 rings (SSSR count). The molecular formula is C26H36FN3O6. The summed E-state index contributed by atoms with van der Waals surface area (Å²) < 4.78 is 21.5. The number of hydrogen-bond donors (Lipinski definition) is 5. The maximum atomic E-state index is 14.1. The third-order valence-electron chi connectivity index (χ3n) is 7.78. The van der Waals surface area contributed by atoms with Crippen LogP contribution in [0.3, 0.4) is 0 Å². The van der Waals surface area contributed by atoms with E-state index in [2.05, 4.69) is 9.80 Å². The zero-order valence-electron chi connectivity index (χ0n) is 20.4. The van der Waals surface area contributed by atoms with Gasteiger partial charge in [0.2, 0.25) is 0 Å². The molecular weight excluding hydrogens is 469 g/mol. The van der Waals surface area contributed by atoms with Gasteiger partial charge in [-0.3, -0.25) is 9.47 Å². The Labute approximate surface area is 209 Å². The van der Waals surface area contributed by atoms with Crippen LogP contribution < -0.4 is 9.64 Å². The highest BCUT2D eigenvalue weighted by Gasteiger charge is 2.34. The number of aliphatic hydroxyl groups excluding tert-OH is 3. The van der Waals surface area contributed by atoms with Crippen LogP contribution in [0.1, 0.15) is 36.8 Å². The van der Waals surface area contributed by atoms with Gasteiger partial charge < -0.3 is 35.2 Å². The molecule has 3 aliphatic rings. The second kappa shape index (κ2) is 10.5. The molecule has 1 aromatic heterocycles. The van der Waals surface area contributed by atoms with Gasteiger partial charge in [-0.1, -0.05) is 0 Å². The SMILES string of the molecule is Oc1c2c(c(O)n1CC(O)CN1CCN(c3cc(F)ccc3OC3CCCC3)CC1)CC(O)C(O)C2. The lowest BCUT2D eigenvalue weighted by molar-refractivity contribution is 0.0136. The fourth-order valence-electron chi connectivity index (χ4n) is 5.75. The first-order valence-electron chi connectivity index (χ1n) is 12.9. The molecule has 10 heteroatoms. The van der Waals surface area contributed by atoms with Gasteiger partial charge in [0.15, 0.2) is 11.8 Å². The molecule has 2 heterocycles. The molecule has 0 spiro atoms. The number of ether oxygens (including phenoxy) is 1. The van der Waals surface area contributed by atoms with Crippen LogP contribution in [-0.4, -0.2) is 92.1 Å². The van der Waals surface area contributed by atoms with Crippen molar-refractivity contribution in [3.8, 4) is 17.5 Å². The van der Waals surface area contributed by atoms with Crippen LogP contribution in [0.2, 0.25) is 0 Å². The van der Waals surface area contributed by atoms with E-state index >= 15 is 0 Å². The number of halogens is 1. The van der Waals surface area contributed by atoms with E-state index in [0.29, 0.717) is 43.9 Å². The van der Waals surface area contributed by atoms with Gasteiger partial charge in [0, 0.05) is 62.8 Å². The van der Waals surface area contributed by atoms with Crippen molar-refractivity contribution < 1.29 is 34.7 Å². The molecule has 198 valence electrons. The molecule has 9 nitrogen and oxygen atoms in total. The van der Waals surface area contributed by atoms with Crippen molar-refractivity contribution >= 4 is 5.69 Å². The molecule has 3 unspecified atom stereocenters. The average molecular weight is 506 g/mol. The number of anilines is 1. The van der Waals surface area contributed by atoms with Gasteiger partial charge in [0.1, 0.15) is 11.6 Å². The van der Waals surface area contributed by atoms with Gasteiger partial charge in [0.05, 0.1) is 36.6 Å². The predicted octanol–water partition coefficient (Wildman–Crippen LogP) is 1.36. The summed E-state index contributed by atoms with van der Waals surface area (Å²) in [4.78, 5) is 4.22. The minimum absolute atomic E-state index is 0.0135. The minimum atomic E-state index is -0.998. The first-order valence-corrected chi connectivity index (χ1v) is 12.9. The van der Waals surface area contributed by atoms with E-state index in [1.165, 1.54) is 16.7 Å². The standard InChI is InChI=1S/C26H36FN3O6/c27-16-5-6-24(36-18-3-1-2-4-18)21(11-16)29-9-7-28(8-10-29)14-17(31)15-30-25(34)19-12-22(32)23(33)13-20(19)26(30)35/h5-6,11,17-18,22-23,31-35H,1-4,7-10,12-15H2. The second-order valence-corrected chi connectivity index (χ2v) is 10.3. The van der Waals surface area contributed by atoms with E-state index in [0.717, 1.165) is 37.1 Å². The number of β-amino-alcohol motifs (C(OH)–C–C–N with tert-alkyl or cyclic N) is 1. The summed E-state index contributed by atoms with van der Waals surface area (Å²) in [5.74, 6) is 0.0571. The first-order chi connectivity index (χ1) is 17.3. The lowest BCUT2D eigenvalue weighted by Gasteiger charge is -2.37. The predicted molar refractivity (Wildman–Crippen MR) is 131 cm³/mol. The Kier molecular flexibility index (Phi) is 7.30. The molecule has 0 bridgehead atoms. The second-order valence-electron chi connectivity index (χ2n) is 10.3. The Balaban J connectivity index is 1.18. The molecule has 2 aliphatic carbocycles. The summed E-state index contributed by atoms with van der Waals surface area (Å²) >= 11 is 0. The maximum absolute atomic E-state index is 14.1. The molecule has 1 aromatic carbocycles. The third-order valence-corrected chi connectivity index (χ3v) is 7.78. The van der Waals surface area contributed by atoms with Gasteiger partial charge >= 0.3 is 0 Å². The van der Waals surface area contributed by atoms with Crippen molar-refractivity contribution in [3.63, 3.8) is 0 Å². The summed E-state index contributed by atoms with van der Waals surface area (Å²) in [6.07, 6.45) is 1.81. The highest BCUT2D eigenvalue weighted by Crippen LogP contribution is 2.39. The van der Waals surface area contributed by atoms with E-state index in [4.69, 9.17) is 4.74 Å². The number of aliphatic hydroxyl groups is 3. The van der Waals surface area contributed by atoms with Gasteiger partial charge in [-0.15, -0.1) is 0 Å². The van der Waals surface area contributed by atoms with Crippen molar-refractivity contribution in [2.75, 3.05) is 37.6 Å². The van der Waals surface area contributed by atoms with Crippen molar-refractivity contribution in [3.05, 3.63) is 35.1 Å². The van der Waals surface area contributed by atoms with Gasteiger partial charge in [-0.2, -0.15) is 0 Å². The fraction of sp³-hybridized carbons (Fsp3) is 0.615. The Bertz CT molecular complexity index is 1030. The summed E-state index contributed by atoms with van der Waals surface area (Å²) in [7, 11) is 0. The van der Waals surface area contributed by atoms with Crippen LogP contribution in [0, 0.1) is 5.82 Å². The number of piperazine rings is 1. The lowest BCUT2D eigenvalue weighted by atomic mass is 9.90. The zero-order valence-corrected chi connectivity index (χ0v) is 20.4. The van der Waals surface area contributed by atoms with E-state index < -0.39 is 18.3 Å². The quantitative estimate of drug-likeness (QED) is 0.383. The summed E-state index contributed by atoms with van der Waals surface area (Å²) in [5.41, 5.74) is 1.59. The third kappa shape index (κ3) is 5.13. The van der Waals surface area contributed by atoms with Gasteiger partial charge in [0.25, 0.3) is 0 Å². The van der Waals surface area contributed by atoms with E-state index in [1.54, 1.807) is 6.07 Å². The monoisotopic (exact) mass is 505 g/mol. The van der Waals surface area contributed by atoms with Gasteiger partial charge in [-0.05, 0) is 37.8 Å². The maximum Gasteiger partial charge on any atom is 0.197 e. The number of nitrogens with zero attached hydrogens (tertiary/aromatic N) is 3. The summed E-state index contributed by atoms with van der Waals surface area (Å²) in [6, 6.07) is 4.68. The molecule has 2 fully saturated rings. The number of hydrogen-bond acceptors (Lipinski definition) is 8. The highest BCUT2D eigenvalue weighted by molar-refractivity contribution is 5.59. The van der Waals surface area contributed by atoms with Crippen LogP contribution >= 0.6 is 0 Å². The fourth-order valence-corrected chi connectivity index (χ4v) is 5.75. The normalized spacial score (nSPS) is 24.2. The topological polar surface area (TPSA) is 122 Å². The molecule has 0 amide bonds. The molecule has 2 aromatic rings. The van der Waals surface area contributed by atoms with Crippen LogP contribution in [0.4, 0.5) is 10.1 Å². The molecule has 1 saturated heterocycles. The van der Waals surface area contributed by atoms with Crippen molar-refractivity contribution in [2.24, 2.45) is 0 Å². The van der Waals surface area contributed by atoms with Crippen molar-refractivity contribution in [1.82, 2.24) is 9.47 Å². The highest BCUT2D eigenvalue weighted by atomic mass is 19.1. The van der Waals surface area contributed by atoms with Crippen LogP contribution in [0.25, 0.3) is 0 Å². The van der Waals surface area contributed by atoms with E-state index in [9.17, 15) is 29.9 Å². The Morgan fingerprint density at radius 3 is 2.14 bits per heavy atom. The molecule has 0 radical (unpaired) electrons. The smallest absolute Gasteiger partial charge is 0.197 e. The minimum Gasteiger partial charge on any atom is -0.494 e. The molecule has 5 N–H and O–H groups in total. The summed E-state index contributed by atoms with van der Waals surface area (Å²) in [5, 5.41) is 51.7. The molecule has 36 heavy (non-hydrogen) atoms. The first kappa shape index (κ1) is 25.1. The van der Waals surface area contributed by atoms with Crippen molar-refractivity contribution in [2.45, 2.75) is 69.5 Å². The van der Waals surface area contributed by atoms with Crippen LogP contribution in [-0.2, 0) is 19.4 Å². The van der Waals surface area contributed by atoms with Gasteiger partial charge in [-0.25, -0.2) is 4.39 Å². The van der Waals surface area contributed by atoms with Crippen LogP contribution in [0.15, 0.2) is 18.2 Å². The Morgan fingerprint density at radius 2 is 1.53 bits per heavy atom. The van der Waals surface area contributed by atoms with Crippen LogP contribution in [0.5, 0.6) is 17.5 Å².